The van der Waals surface area contributed by atoms with Gasteiger partial charge in [0.15, 0.2) is 11.6 Å². The van der Waals surface area contributed by atoms with E-state index in [0.29, 0.717) is 6.07 Å². The molecule has 0 spiro atoms. The minimum atomic E-state index is -1.90. The molecule has 1 aliphatic rings. The monoisotopic (exact) mass is 257 g/mol. The molecule has 0 bridgehead atoms. The molecule has 0 unspecified atom stereocenters. The molecule has 1 saturated carbocycles. The summed E-state index contributed by atoms with van der Waals surface area (Å²) in [5.74, 6) is -6.59. The zero-order chi connectivity index (χ0) is 13.5. The van der Waals surface area contributed by atoms with Gasteiger partial charge in [-0.3, -0.25) is 0 Å². The zero-order valence-electron chi connectivity index (χ0n) is 8.84. The number of carbonyl (C=O) groups excluding carboxylic acids is 1. The highest BCUT2D eigenvalue weighted by atomic mass is 19.2. The summed E-state index contributed by atoms with van der Waals surface area (Å²) in [7, 11) is 0. The predicted molar refractivity (Wildman–Crippen MR) is 52.3 cm³/mol. The van der Waals surface area contributed by atoms with Crippen LogP contribution in [0, 0.1) is 17.5 Å². The quantitative estimate of drug-likeness (QED) is 0.512. The topological polar surface area (TPSA) is 66.7 Å². The lowest BCUT2D eigenvalue weighted by atomic mass is 10.0. The maximum Gasteiger partial charge on any atom is 0.341 e. The summed E-state index contributed by atoms with van der Waals surface area (Å²) in [6.45, 7) is 0. The second-order valence-electron chi connectivity index (χ2n) is 3.95. The average Bonchev–Trinajstić information content (AvgIpc) is 3.04. The first kappa shape index (κ1) is 12.3. The fourth-order valence-corrected chi connectivity index (χ4v) is 1.78. The van der Waals surface area contributed by atoms with Gasteiger partial charge in [-0.15, -0.1) is 0 Å². The number of nitrogens with zero attached hydrogens (tertiary/aromatic N) is 1. The molecule has 0 aromatic heterocycles. The van der Waals surface area contributed by atoms with E-state index in [9.17, 15) is 22.8 Å². The van der Waals surface area contributed by atoms with Crippen molar-refractivity contribution in [2.75, 3.05) is 0 Å². The molecular formula is C11H6F3NO3. The van der Waals surface area contributed by atoms with Crippen LogP contribution in [0.4, 0.5) is 13.2 Å². The fraction of sp³-hybridized carbons (Fsp3) is 0.273. The number of isocyanates is 1. The smallest absolute Gasteiger partial charge is 0.341 e. The largest absolute Gasteiger partial charge is 0.477 e. The number of hydrogen-bond donors (Lipinski definition) is 1. The Hall–Kier alpha value is -2.14. The van der Waals surface area contributed by atoms with Gasteiger partial charge in [0.2, 0.25) is 6.08 Å². The summed E-state index contributed by atoms with van der Waals surface area (Å²) in [5.41, 5.74) is -3.11. The van der Waals surface area contributed by atoms with E-state index in [1.165, 1.54) is 6.08 Å². The molecule has 0 heterocycles. The molecule has 1 aromatic rings. The highest BCUT2D eigenvalue weighted by Crippen LogP contribution is 2.50. The van der Waals surface area contributed by atoms with Gasteiger partial charge in [-0.05, 0) is 18.9 Å². The van der Waals surface area contributed by atoms with Crippen molar-refractivity contribution in [3.63, 3.8) is 0 Å². The molecular weight excluding hydrogens is 251 g/mol. The van der Waals surface area contributed by atoms with Crippen LogP contribution in [0.1, 0.15) is 28.8 Å². The lowest BCUT2D eigenvalue weighted by Gasteiger charge is -2.12. The zero-order valence-corrected chi connectivity index (χ0v) is 8.84. The van der Waals surface area contributed by atoms with Crippen LogP contribution in [0.15, 0.2) is 11.1 Å². The van der Waals surface area contributed by atoms with Gasteiger partial charge in [-0.2, -0.15) is 4.99 Å². The Kier molecular flexibility index (Phi) is 2.71. The van der Waals surface area contributed by atoms with Crippen LogP contribution in [0.25, 0.3) is 0 Å². The number of carboxylic acids is 1. The van der Waals surface area contributed by atoms with Crippen molar-refractivity contribution < 1.29 is 27.9 Å². The van der Waals surface area contributed by atoms with Gasteiger partial charge < -0.3 is 5.11 Å². The molecule has 2 rings (SSSR count). The Balaban J connectivity index is 2.66. The third kappa shape index (κ3) is 1.69. The van der Waals surface area contributed by atoms with E-state index in [-0.39, 0.29) is 12.8 Å². The van der Waals surface area contributed by atoms with Crippen LogP contribution in [0.2, 0.25) is 0 Å². The summed E-state index contributed by atoms with van der Waals surface area (Å²) in [6, 6.07) is 0.565. The van der Waals surface area contributed by atoms with Gasteiger partial charge in [-0.25, -0.2) is 22.8 Å². The number of aliphatic imine (C=N–C) groups is 1. The Labute approximate surface area is 98.8 Å². The second kappa shape index (κ2) is 3.96. The molecule has 0 atom stereocenters. The van der Waals surface area contributed by atoms with E-state index in [4.69, 9.17) is 5.11 Å². The summed E-state index contributed by atoms with van der Waals surface area (Å²) in [5, 5.41) is 8.55. The van der Waals surface area contributed by atoms with E-state index >= 15 is 0 Å². The number of carbonyl (C=O) groups is 1. The van der Waals surface area contributed by atoms with Crippen LogP contribution in [-0.4, -0.2) is 17.2 Å². The minimum absolute atomic E-state index is 0.254. The first-order valence-electron chi connectivity index (χ1n) is 4.93. The number of rotatable bonds is 3. The van der Waals surface area contributed by atoms with Crippen molar-refractivity contribution in [3.8, 4) is 0 Å². The summed E-state index contributed by atoms with van der Waals surface area (Å²) in [6.07, 6.45) is 1.73. The molecule has 1 fully saturated rings. The second-order valence-corrected chi connectivity index (χ2v) is 3.95. The minimum Gasteiger partial charge on any atom is -0.477 e. The summed E-state index contributed by atoms with van der Waals surface area (Å²) < 4.78 is 40.5. The van der Waals surface area contributed by atoms with E-state index in [0.717, 1.165) is 0 Å². The molecule has 1 aliphatic carbocycles. The molecule has 0 saturated heterocycles. The lowest BCUT2D eigenvalue weighted by molar-refractivity contribution is 0.0685. The van der Waals surface area contributed by atoms with E-state index < -0.39 is 40.1 Å². The van der Waals surface area contributed by atoms with Gasteiger partial charge in [0.1, 0.15) is 16.9 Å². The molecule has 0 amide bonds. The Bertz CT molecular complexity index is 590. The van der Waals surface area contributed by atoms with Crippen LogP contribution < -0.4 is 0 Å². The fourth-order valence-electron chi connectivity index (χ4n) is 1.78. The maximum absolute atomic E-state index is 13.7. The van der Waals surface area contributed by atoms with Crippen molar-refractivity contribution in [1.82, 2.24) is 0 Å². The molecule has 4 nitrogen and oxygen atoms in total. The molecule has 1 aromatic carbocycles. The molecule has 18 heavy (non-hydrogen) atoms. The van der Waals surface area contributed by atoms with Crippen molar-refractivity contribution in [1.29, 1.82) is 0 Å². The average molecular weight is 257 g/mol. The van der Waals surface area contributed by atoms with Crippen LogP contribution in [-0.2, 0) is 10.3 Å². The number of benzene rings is 1. The van der Waals surface area contributed by atoms with Crippen molar-refractivity contribution >= 4 is 12.0 Å². The van der Waals surface area contributed by atoms with Gasteiger partial charge in [-0.1, -0.05) is 0 Å². The molecule has 7 heteroatoms. The van der Waals surface area contributed by atoms with Crippen molar-refractivity contribution in [2.45, 2.75) is 18.4 Å². The van der Waals surface area contributed by atoms with Crippen molar-refractivity contribution in [2.24, 2.45) is 4.99 Å². The summed E-state index contributed by atoms with van der Waals surface area (Å²) in [4.78, 5) is 24.1. The number of hydrogen-bond acceptors (Lipinski definition) is 3. The predicted octanol–water partition coefficient (Wildman–Crippen LogP) is 2.13. The maximum atomic E-state index is 13.7. The normalized spacial score (nSPS) is 15.9. The van der Waals surface area contributed by atoms with Gasteiger partial charge in [0, 0.05) is 5.56 Å². The Morgan fingerprint density at radius 2 is 1.94 bits per heavy atom. The first-order valence-corrected chi connectivity index (χ1v) is 4.93. The SMILES string of the molecule is O=C=NC1(c2cc(F)c(C(=O)O)c(F)c2F)CC1. The molecule has 0 radical (unpaired) electrons. The van der Waals surface area contributed by atoms with Crippen LogP contribution in [0.3, 0.4) is 0 Å². The third-order valence-corrected chi connectivity index (χ3v) is 2.86. The number of halogens is 3. The highest BCUT2D eigenvalue weighted by Gasteiger charge is 2.48. The molecule has 94 valence electrons. The van der Waals surface area contributed by atoms with Gasteiger partial charge in [0.25, 0.3) is 0 Å². The van der Waals surface area contributed by atoms with Crippen LogP contribution in [0.5, 0.6) is 0 Å². The standard InChI is InChI=1S/C11H6F3NO3/c12-6-3-5(11(1-2-11)15-4-16)8(13)9(14)7(6)10(17)18/h3H,1-2H2,(H,17,18). The Morgan fingerprint density at radius 1 is 1.33 bits per heavy atom. The molecule has 1 N–H and O–H groups in total. The van der Waals surface area contributed by atoms with Crippen molar-refractivity contribution in [3.05, 3.63) is 34.6 Å². The first-order chi connectivity index (χ1) is 8.43. The number of carboxylic acid groups (broad SMARTS) is 1. The number of aromatic carboxylic acids is 1. The van der Waals surface area contributed by atoms with Gasteiger partial charge in [0.05, 0.1) is 0 Å². The molecule has 0 aliphatic heterocycles. The van der Waals surface area contributed by atoms with Gasteiger partial charge >= 0.3 is 5.97 Å². The third-order valence-electron chi connectivity index (χ3n) is 2.86. The van der Waals surface area contributed by atoms with Crippen LogP contribution >= 0.6 is 0 Å². The van der Waals surface area contributed by atoms with E-state index in [1.807, 2.05) is 0 Å². The summed E-state index contributed by atoms with van der Waals surface area (Å²) >= 11 is 0. The Morgan fingerprint density at radius 3 is 2.39 bits per heavy atom. The lowest BCUT2D eigenvalue weighted by Crippen LogP contribution is -2.14. The van der Waals surface area contributed by atoms with E-state index in [1.54, 1.807) is 0 Å². The highest BCUT2D eigenvalue weighted by molar-refractivity contribution is 5.88. The van der Waals surface area contributed by atoms with E-state index in [2.05, 4.69) is 4.99 Å².